The van der Waals surface area contributed by atoms with Crippen LogP contribution in [0.15, 0.2) is 39.7 Å². The van der Waals surface area contributed by atoms with Gasteiger partial charge in [0.2, 0.25) is 10.0 Å². The number of fused-ring (bicyclic) bond motifs is 1. The zero-order valence-electron chi connectivity index (χ0n) is 13.8. The molecule has 1 heterocycles. The van der Waals surface area contributed by atoms with E-state index in [9.17, 15) is 18.5 Å². The first-order chi connectivity index (χ1) is 12.3. The summed E-state index contributed by atoms with van der Waals surface area (Å²) in [6.07, 6.45) is 0.818. The van der Waals surface area contributed by atoms with Gasteiger partial charge in [-0.05, 0) is 36.9 Å². The largest absolute Gasteiger partial charge is 0.493 e. The number of hydrogen-bond acceptors (Lipinski definition) is 6. The van der Waals surface area contributed by atoms with Gasteiger partial charge in [0.05, 0.1) is 16.4 Å². The summed E-state index contributed by atoms with van der Waals surface area (Å²) >= 11 is 3.45. The second kappa shape index (κ2) is 7.22. The average molecular weight is 442 g/mol. The van der Waals surface area contributed by atoms with Crippen molar-refractivity contribution in [1.82, 2.24) is 4.72 Å². The highest BCUT2D eigenvalue weighted by molar-refractivity contribution is 9.10. The number of rotatable bonds is 6. The van der Waals surface area contributed by atoms with Crippen LogP contribution < -0.4 is 14.8 Å². The quantitative estimate of drug-likeness (QED) is 0.526. The van der Waals surface area contributed by atoms with Crippen molar-refractivity contribution in [3.63, 3.8) is 0 Å². The van der Waals surface area contributed by atoms with Crippen molar-refractivity contribution in [2.24, 2.45) is 0 Å². The van der Waals surface area contributed by atoms with Gasteiger partial charge in [0, 0.05) is 29.1 Å². The summed E-state index contributed by atoms with van der Waals surface area (Å²) in [4.78, 5) is 10.6. The molecule has 0 amide bonds. The van der Waals surface area contributed by atoms with E-state index in [1.54, 1.807) is 0 Å². The fourth-order valence-corrected chi connectivity index (χ4v) is 4.07. The van der Waals surface area contributed by atoms with Crippen LogP contribution >= 0.6 is 15.9 Å². The Morgan fingerprint density at radius 1 is 1.31 bits per heavy atom. The van der Waals surface area contributed by atoms with Crippen LogP contribution in [0.4, 0.5) is 11.4 Å². The molecule has 10 heteroatoms. The molecule has 2 N–H and O–H groups in total. The Hall–Kier alpha value is -2.17. The van der Waals surface area contributed by atoms with Crippen molar-refractivity contribution >= 4 is 37.3 Å². The minimum atomic E-state index is -3.76. The van der Waals surface area contributed by atoms with Crippen LogP contribution in [0.1, 0.15) is 11.1 Å². The zero-order chi connectivity index (χ0) is 18.9. The van der Waals surface area contributed by atoms with Crippen molar-refractivity contribution in [2.75, 3.05) is 19.0 Å². The lowest BCUT2D eigenvalue weighted by molar-refractivity contribution is -0.384. The van der Waals surface area contributed by atoms with Gasteiger partial charge in [0.15, 0.2) is 0 Å². The normalized spacial score (nSPS) is 13.2. The highest BCUT2D eigenvalue weighted by Gasteiger charge is 2.22. The Kier molecular flexibility index (Phi) is 5.17. The summed E-state index contributed by atoms with van der Waals surface area (Å²) in [5, 5.41) is 14.4. The highest BCUT2D eigenvalue weighted by atomic mass is 79.9. The van der Waals surface area contributed by atoms with Crippen molar-refractivity contribution in [1.29, 1.82) is 0 Å². The lowest BCUT2D eigenvalue weighted by Gasteiger charge is -2.12. The average Bonchev–Trinajstić information content (AvgIpc) is 3.07. The molecular weight excluding hydrogens is 426 g/mol. The zero-order valence-corrected chi connectivity index (χ0v) is 16.2. The Morgan fingerprint density at radius 3 is 2.77 bits per heavy atom. The number of nitro benzene ring substituents is 1. The number of nitrogens with one attached hydrogen (secondary N) is 2. The first-order valence-electron chi connectivity index (χ1n) is 7.72. The van der Waals surface area contributed by atoms with Crippen molar-refractivity contribution in [3.8, 4) is 5.75 Å². The summed E-state index contributed by atoms with van der Waals surface area (Å²) in [5.41, 5.74) is 1.87. The van der Waals surface area contributed by atoms with Gasteiger partial charge in [0.1, 0.15) is 11.4 Å². The molecule has 0 aliphatic carbocycles. The summed E-state index contributed by atoms with van der Waals surface area (Å²) in [6.45, 7) is 0.913. The molecule has 0 bridgehead atoms. The predicted molar refractivity (Wildman–Crippen MR) is 100 cm³/mol. The molecule has 2 aromatic carbocycles. The molecule has 0 unspecified atom stereocenters. The van der Waals surface area contributed by atoms with Gasteiger partial charge in [-0.15, -0.1) is 0 Å². The Labute approximate surface area is 158 Å². The molecular formula is C16H16BrN3O5S. The van der Waals surface area contributed by atoms with E-state index in [0.29, 0.717) is 13.2 Å². The topological polar surface area (TPSA) is 111 Å². The molecule has 8 nitrogen and oxygen atoms in total. The highest BCUT2D eigenvalue weighted by Crippen LogP contribution is 2.34. The maximum absolute atomic E-state index is 11.9. The number of halogens is 1. The van der Waals surface area contributed by atoms with E-state index in [1.807, 2.05) is 12.1 Å². The van der Waals surface area contributed by atoms with E-state index in [4.69, 9.17) is 4.74 Å². The van der Waals surface area contributed by atoms with E-state index in [0.717, 1.165) is 33.8 Å². The van der Waals surface area contributed by atoms with Crippen LogP contribution in [0, 0.1) is 10.1 Å². The van der Waals surface area contributed by atoms with E-state index in [2.05, 4.69) is 26.0 Å². The molecule has 0 fully saturated rings. The van der Waals surface area contributed by atoms with Gasteiger partial charge in [-0.3, -0.25) is 10.1 Å². The van der Waals surface area contributed by atoms with Crippen LogP contribution in [0.5, 0.6) is 5.75 Å². The first-order valence-corrected chi connectivity index (χ1v) is 9.99. The van der Waals surface area contributed by atoms with Crippen LogP contribution in [-0.4, -0.2) is 27.0 Å². The number of benzene rings is 2. The summed E-state index contributed by atoms with van der Waals surface area (Å²) < 4.78 is 32.4. The SMILES string of the molecule is CNS(=O)(=O)c1ccc(NCc2cc(Br)cc3c2OCC3)c([N+](=O)[O-])c1. The molecule has 26 heavy (non-hydrogen) atoms. The Morgan fingerprint density at radius 2 is 2.08 bits per heavy atom. The molecule has 0 saturated carbocycles. The van der Waals surface area contributed by atoms with Crippen molar-refractivity contribution in [3.05, 3.63) is 56.0 Å². The van der Waals surface area contributed by atoms with E-state index in [-0.39, 0.29) is 16.3 Å². The van der Waals surface area contributed by atoms with E-state index in [1.165, 1.54) is 19.2 Å². The predicted octanol–water partition coefficient (Wildman–Crippen LogP) is 2.81. The fraction of sp³-hybridized carbons (Fsp3) is 0.250. The molecule has 2 aromatic rings. The lowest BCUT2D eigenvalue weighted by atomic mass is 10.1. The summed E-state index contributed by atoms with van der Waals surface area (Å²) in [7, 11) is -2.51. The first kappa shape index (κ1) is 18.6. The molecule has 0 spiro atoms. The van der Waals surface area contributed by atoms with Crippen LogP contribution in [0.2, 0.25) is 0 Å². The second-order valence-corrected chi connectivity index (χ2v) is 8.45. The van der Waals surface area contributed by atoms with Gasteiger partial charge < -0.3 is 10.1 Å². The van der Waals surface area contributed by atoms with Crippen LogP contribution in [-0.2, 0) is 23.0 Å². The van der Waals surface area contributed by atoms with Gasteiger partial charge in [-0.1, -0.05) is 15.9 Å². The van der Waals surface area contributed by atoms with Gasteiger partial charge in [0.25, 0.3) is 5.69 Å². The molecule has 1 aliphatic heterocycles. The number of nitro groups is 1. The molecule has 0 atom stereocenters. The Balaban J connectivity index is 1.90. The minimum absolute atomic E-state index is 0.163. The molecule has 0 saturated heterocycles. The molecule has 0 radical (unpaired) electrons. The third-order valence-corrected chi connectivity index (χ3v) is 5.91. The number of hydrogen-bond donors (Lipinski definition) is 2. The van der Waals surface area contributed by atoms with Gasteiger partial charge in [-0.2, -0.15) is 0 Å². The van der Waals surface area contributed by atoms with E-state index >= 15 is 0 Å². The fourth-order valence-electron chi connectivity index (χ4n) is 2.76. The number of sulfonamides is 1. The monoisotopic (exact) mass is 441 g/mol. The van der Waals surface area contributed by atoms with Crippen LogP contribution in [0.25, 0.3) is 0 Å². The van der Waals surface area contributed by atoms with E-state index < -0.39 is 14.9 Å². The van der Waals surface area contributed by atoms with Crippen molar-refractivity contribution in [2.45, 2.75) is 17.9 Å². The third-order valence-electron chi connectivity index (χ3n) is 4.04. The summed E-state index contributed by atoms with van der Waals surface area (Å²) in [5.74, 6) is 0.790. The minimum Gasteiger partial charge on any atom is -0.493 e. The molecule has 3 rings (SSSR count). The Bertz CT molecular complexity index is 978. The second-order valence-electron chi connectivity index (χ2n) is 5.65. The number of nitrogens with zero attached hydrogens (tertiary/aromatic N) is 1. The maximum Gasteiger partial charge on any atom is 0.293 e. The maximum atomic E-state index is 11.9. The number of anilines is 1. The summed E-state index contributed by atoms with van der Waals surface area (Å²) in [6, 6.07) is 7.63. The van der Waals surface area contributed by atoms with Gasteiger partial charge in [-0.25, -0.2) is 13.1 Å². The third kappa shape index (κ3) is 3.67. The lowest BCUT2D eigenvalue weighted by Crippen LogP contribution is -2.18. The number of ether oxygens (including phenoxy) is 1. The molecule has 1 aliphatic rings. The molecule has 0 aromatic heterocycles. The van der Waals surface area contributed by atoms with Crippen LogP contribution in [0.3, 0.4) is 0 Å². The van der Waals surface area contributed by atoms with Crippen molar-refractivity contribution < 1.29 is 18.1 Å². The smallest absolute Gasteiger partial charge is 0.293 e. The standard InChI is InChI=1S/C16H16BrN3O5S/c1-18-26(23,24)13-2-3-14(15(8-13)20(21)22)19-9-11-7-12(17)6-10-4-5-25-16(10)11/h2-3,6-8,18-19H,4-5,9H2,1H3. The molecule has 138 valence electrons. The van der Waals surface area contributed by atoms with Gasteiger partial charge >= 0.3 is 0 Å².